The van der Waals surface area contributed by atoms with E-state index in [0.29, 0.717) is 6.42 Å². The highest BCUT2D eigenvalue weighted by atomic mass is 17.0. The zero-order valence-corrected chi connectivity index (χ0v) is 5.36. The van der Waals surface area contributed by atoms with Crippen LogP contribution < -0.4 is 0 Å². The lowest BCUT2D eigenvalue weighted by Crippen LogP contribution is -2.17. The van der Waals surface area contributed by atoms with Gasteiger partial charge in [0.05, 0.1) is 0 Å². The molecule has 0 aromatic rings. The summed E-state index contributed by atoms with van der Waals surface area (Å²) in [6.45, 7) is 1.73. The van der Waals surface area contributed by atoms with Crippen molar-refractivity contribution in [3.8, 4) is 0 Å². The van der Waals surface area contributed by atoms with Crippen molar-refractivity contribution < 1.29 is 14.7 Å². The lowest BCUT2D eigenvalue weighted by molar-refractivity contribution is -0.780. The molecule has 0 N–H and O–H groups in total. The van der Waals surface area contributed by atoms with Crippen LogP contribution in [0.25, 0.3) is 0 Å². The molecule has 5 heteroatoms. The van der Waals surface area contributed by atoms with Crippen LogP contribution in [0.15, 0.2) is 0 Å². The fourth-order valence-electron chi connectivity index (χ4n) is 0.380. The van der Waals surface area contributed by atoms with Crippen LogP contribution in [0.5, 0.6) is 0 Å². The van der Waals surface area contributed by atoms with Crippen molar-refractivity contribution in [1.82, 2.24) is 0 Å². The number of nitrogens with zero attached hydrogens (tertiary/aromatic N) is 1. The maximum atomic E-state index is 9.63. The van der Waals surface area contributed by atoms with Crippen molar-refractivity contribution in [3.63, 3.8) is 0 Å². The largest absolute Gasteiger partial charge is 0.356 e. The number of hydrogen-bond donors (Lipinski definition) is 0. The van der Waals surface area contributed by atoms with Crippen LogP contribution in [0.4, 0.5) is 0 Å². The number of rotatable bonds is 4. The molecular weight excluding hydrogens is 126 g/mol. The maximum absolute atomic E-state index is 9.63. The monoisotopic (exact) mass is 135 g/mol. The van der Waals surface area contributed by atoms with E-state index < -0.39 is 11.4 Å². The standard InChI is InChI=1S/C4H9NO4/c1-3-4(8-2)9-5(6)7/h4H,3H2,1-2H3. The molecule has 0 fully saturated rings. The summed E-state index contributed by atoms with van der Waals surface area (Å²) in [5.74, 6) is 0. The van der Waals surface area contributed by atoms with E-state index in [-0.39, 0.29) is 0 Å². The number of ether oxygens (including phenoxy) is 1. The van der Waals surface area contributed by atoms with Crippen molar-refractivity contribution in [2.75, 3.05) is 7.11 Å². The molecule has 0 amide bonds. The second-order valence-electron chi connectivity index (χ2n) is 1.40. The Morgan fingerprint density at radius 3 is 2.44 bits per heavy atom. The van der Waals surface area contributed by atoms with Gasteiger partial charge in [-0.2, -0.15) is 0 Å². The summed E-state index contributed by atoms with van der Waals surface area (Å²) >= 11 is 0. The summed E-state index contributed by atoms with van der Waals surface area (Å²) in [7, 11) is 1.36. The van der Waals surface area contributed by atoms with Gasteiger partial charge in [0.25, 0.3) is 5.09 Å². The van der Waals surface area contributed by atoms with Crippen molar-refractivity contribution in [1.29, 1.82) is 0 Å². The minimum absolute atomic E-state index is 0.470. The molecule has 0 aromatic carbocycles. The lowest BCUT2D eigenvalue weighted by Gasteiger charge is -2.08. The van der Waals surface area contributed by atoms with Crippen LogP contribution in [0, 0.1) is 10.1 Å². The second-order valence-corrected chi connectivity index (χ2v) is 1.40. The third kappa shape index (κ3) is 3.72. The smallest absolute Gasteiger partial charge is 0.297 e. The Morgan fingerprint density at radius 1 is 1.78 bits per heavy atom. The third-order valence-corrected chi connectivity index (χ3v) is 0.800. The molecule has 1 unspecified atom stereocenters. The Morgan fingerprint density at radius 2 is 2.33 bits per heavy atom. The van der Waals surface area contributed by atoms with Gasteiger partial charge < -0.3 is 4.74 Å². The Balaban J connectivity index is 3.43. The molecule has 5 nitrogen and oxygen atoms in total. The van der Waals surface area contributed by atoms with Gasteiger partial charge in [-0.05, 0) is 6.42 Å². The third-order valence-electron chi connectivity index (χ3n) is 0.800. The molecule has 0 heterocycles. The van der Waals surface area contributed by atoms with Crippen molar-refractivity contribution in [2.45, 2.75) is 19.6 Å². The average molecular weight is 135 g/mol. The van der Waals surface area contributed by atoms with Crippen LogP contribution >= 0.6 is 0 Å². The summed E-state index contributed by atoms with van der Waals surface area (Å²) in [4.78, 5) is 13.7. The van der Waals surface area contributed by atoms with E-state index in [4.69, 9.17) is 0 Å². The van der Waals surface area contributed by atoms with Crippen molar-refractivity contribution >= 4 is 0 Å². The molecule has 0 saturated carbocycles. The van der Waals surface area contributed by atoms with E-state index in [2.05, 4.69) is 9.57 Å². The molecule has 0 rings (SSSR count). The van der Waals surface area contributed by atoms with Gasteiger partial charge in [0.1, 0.15) is 0 Å². The van der Waals surface area contributed by atoms with E-state index >= 15 is 0 Å². The minimum Gasteiger partial charge on any atom is -0.356 e. The molecule has 0 aromatic heterocycles. The quantitative estimate of drug-likeness (QED) is 0.321. The van der Waals surface area contributed by atoms with E-state index in [0.717, 1.165) is 0 Å². The number of hydrogen-bond acceptors (Lipinski definition) is 4. The molecule has 0 aliphatic carbocycles. The zero-order chi connectivity index (χ0) is 7.28. The fourth-order valence-corrected chi connectivity index (χ4v) is 0.380. The first kappa shape index (κ1) is 8.16. The lowest BCUT2D eigenvalue weighted by atomic mass is 10.5. The van der Waals surface area contributed by atoms with E-state index in [1.807, 2.05) is 0 Å². The highest BCUT2D eigenvalue weighted by Gasteiger charge is 2.07. The second kappa shape index (κ2) is 4.08. The molecule has 0 spiro atoms. The van der Waals surface area contributed by atoms with Gasteiger partial charge in [-0.1, -0.05) is 6.92 Å². The van der Waals surface area contributed by atoms with Crippen molar-refractivity contribution in [3.05, 3.63) is 10.1 Å². The fraction of sp³-hybridized carbons (Fsp3) is 1.00. The molecule has 0 radical (unpaired) electrons. The summed E-state index contributed by atoms with van der Waals surface area (Å²) in [6, 6.07) is 0. The molecule has 9 heavy (non-hydrogen) atoms. The Bertz CT molecular complexity index is 90.6. The van der Waals surface area contributed by atoms with Crippen LogP contribution in [0.1, 0.15) is 13.3 Å². The zero-order valence-electron chi connectivity index (χ0n) is 5.36. The molecular formula is C4H9NO4. The van der Waals surface area contributed by atoms with Gasteiger partial charge in [-0.3, -0.25) is 4.84 Å². The van der Waals surface area contributed by atoms with Crippen LogP contribution in [0.2, 0.25) is 0 Å². The SMILES string of the molecule is CCC(OC)O[N+](=O)[O-]. The predicted octanol–water partition coefficient (Wildman–Crippen LogP) is 0.577. The molecule has 0 aliphatic heterocycles. The summed E-state index contributed by atoms with van der Waals surface area (Å²) in [6.07, 6.45) is -0.253. The van der Waals surface area contributed by atoms with Gasteiger partial charge in [-0.15, -0.1) is 10.1 Å². The summed E-state index contributed by atoms with van der Waals surface area (Å²) in [5, 5.41) is 8.77. The topological polar surface area (TPSA) is 61.6 Å². The van der Waals surface area contributed by atoms with Crippen molar-refractivity contribution in [2.24, 2.45) is 0 Å². The Labute approximate surface area is 52.7 Å². The average Bonchev–Trinajstić information content (AvgIpc) is 1.82. The van der Waals surface area contributed by atoms with Gasteiger partial charge in [0, 0.05) is 7.11 Å². The molecule has 0 saturated heterocycles. The Kier molecular flexibility index (Phi) is 3.70. The molecule has 1 atom stereocenters. The van der Waals surface area contributed by atoms with Gasteiger partial charge >= 0.3 is 0 Å². The molecule has 0 aliphatic rings. The van der Waals surface area contributed by atoms with Crippen LogP contribution in [0.3, 0.4) is 0 Å². The first-order valence-electron chi connectivity index (χ1n) is 2.54. The maximum Gasteiger partial charge on any atom is 0.297 e. The predicted molar refractivity (Wildman–Crippen MR) is 29.2 cm³/mol. The van der Waals surface area contributed by atoms with E-state index in [9.17, 15) is 10.1 Å². The highest BCUT2D eigenvalue weighted by molar-refractivity contribution is 4.30. The van der Waals surface area contributed by atoms with Gasteiger partial charge in [0.15, 0.2) is 0 Å². The number of methoxy groups -OCH3 is 1. The summed E-state index contributed by atoms with van der Waals surface area (Å²) in [5.41, 5.74) is 0. The van der Waals surface area contributed by atoms with Gasteiger partial charge in [-0.25, -0.2) is 0 Å². The van der Waals surface area contributed by atoms with E-state index in [1.165, 1.54) is 7.11 Å². The first-order valence-corrected chi connectivity index (χ1v) is 2.54. The summed E-state index contributed by atoms with van der Waals surface area (Å²) < 4.78 is 4.55. The van der Waals surface area contributed by atoms with Crippen LogP contribution in [-0.2, 0) is 9.57 Å². The normalized spacial score (nSPS) is 12.7. The molecule has 54 valence electrons. The Hall–Kier alpha value is -0.840. The first-order chi connectivity index (χ1) is 4.20. The van der Waals surface area contributed by atoms with Crippen LogP contribution in [-0.4, -0.2) is 18.5 Å². The van der Waals surface area contributed by atoms with E-state index in [1.54, 1.807) is 6.92 Å². The van der Waals surface area contributed by atoms with Gasteiger partial charge in [0.2, 0.25) is 6.29 Å². The minimum atomic E-state index is -0.863. The highest BCUT2D eigenvalue weighted by Crippen LogP contribution is 1.96. The molecule has 0 bridgehead atoms.